The van der Waals surface area contributed by atoms with Gasteiger partial charge in [0.05, 0.1) is 4.92 Å². The minimum atomic E-state index is -0.473. The number of nitrogens with zero attached hydrogens (tertiary/aromatic N) is 1. The summed E-state index contributed by atoms with van der Waals surface area (Å²) in [6.45, 7) is 5.78. The van der Waals surface area contributed by atoms with Crippen molar-refractivity contribution in [3.8, 4) is 0 Å². The van der Waals surface area contributed by atoms with Crippen LogP contribution >= 0.6 is 0 Å². The van der Waals surface area contributed by atoms with Crippen molar-refractivity contribution < 1.29 is 9.72 Å². The first-order valence-electron chi connectivity index (χ1n) is 7.60. The Balaban J connectivity index is 2.34. The molecule has 0 saturated carbocycles. The summed E-state index contributed by atoms with van der Waals surface area (Å²) in [4.78, 5) is 23.1. The van der Waals surface area contributed by atoms with Crippen LogP contribution in [0.15, 0.2) is 42.5 Å². The molecule has 2 aromatic rings. The van der Waals surface area contributed by atoms with Crippen molar-refractivity contribution >= 4 is 17.3 Å². The zero-order valence-electron chi connectivity index (χ0n) is 13.5. The number of nitrogens with one attached hydrogen (secondary N) is 1. The molecule has 120 valence electrons. The lowest BCUT2D eigenvalue weighted by Gasteiger charge is -2.16. The number of carbonyl (C=O) groups is 1. The largest absolute Gasteiger partial charge is 0.322 e. The highest BCUT2D eigenvalue weighted by atomic mass is 16.6. The Bertz CT molecular complexity index is 741. The Kier molecular flexibility index (Phi) is 5.11. The van der Waals surface area contributed by atoms with Gasteiger partial charge in [0.25, 0.3) is 11.6 Å². The normalized spacial score (nSPS) is 11.8. The smallest absolute Gasteiger partial charge is 0.273 e. The van der Waals surface area contributed by atoms with E-state index in [1.54, 1.807) is 13.0 Å². The molecule has 0 radical (unpaired) electrons. The Labute approximate surface area is 135 Å². The van der Waals surface area contributed by atoms with E-state index < -0.39 is 4.92 Å². The zero-order chi connectivity index (χ0) is 17.0. The molecule has 5 nitrogen and oxygen atoms in total. The summed E-state index contributed by atoms with van der Waals surface area (Å²) in [5.74, 6) is -0.0142. The molecule has 0 aliphatic carbocycles. The van der Waals surface area contributed by atoms with E-state index in [1.807, 2.05) is 24.3 Å². The van der Waals surface area contributed by atoms with Crippen LogP contribution in [0.4, 0.5) is 11.4 Å². The van der Waals surface area contributed by atoms with E-state index in [-0.39, 0.29) is 11.6 Å². The second kappa shape index (κ2) is 7.05. The first-order valence-corrected chi connectivity index (χ1v) is 7.60. The lowest BCUT2D eigenvalue weighted by Crippen LogP contribution is -2.15. The summed E-state index contributed by atoms with van der Waals surface area (Å²) in [7, 11) is 0. The number of rotatable bonds is 5. The second-order valence-corrected chi connectivity index (χ2v) is 5.56. The van der Waals surface area contributed by atoms with E-state index in [9.17, 15) is 14.9 Å². The number of nitro benzene ring substituents is 1. The lowest BCUT2D eigenvalue weighted by molar-refractivity contribution is -0.385. The van der Waals surface area contributed by atoms with E-state index in [0.717, 1.165) is 17.7 Å². The Hall–Kier alpha value is -2.69. The summed E-state index contributed by atoms with van der Waals surface area (Å²) in [5.41, 5.74) is 2.45. The van der Waals surface area contributed by atoms with E-state index in [4.69, 9.17) is 0 Å². The van der Waals surface area contributed by atoms with Crippen LogP contribution in [0.3, 0.4) is 0 Å². The summed E-state index contributed by atoms with van der Waals surface area (Å²) >= 11 is 0. The fourth-order valence-electron chi connectivity index (χ4n) is 2.52. The van der Waals surface area contributed by atoms with E-state index in [1.165, 1.54) is 12.1 Å². The number of carbonyl (C=O) groups excluding carboxylic acids is 1. The van der Waals surface area contributed by atoms with Gasteiger partial charge in [-0.25, -0.2) is 0 Å². The van der Waals surface area contributed by atoms with E-state index in [2.05, 4.69) is 19.2 Å². The monoisotopic (exact) mass is 312 g/mol. The van der Waals surface area contributed by atoms with Crippen LogP contribution in [0.1, 0.15) is 47.7 Å². The third kappa shape index (κ3) is 3.56. The highest BCUT2D eigenvalue weighted by Gasteiger charge is 2.19. The quantitative estimate of drug-likeness (QED) is 0.644. The number of amides is 1. The molecule has 1 amide bonds. The number of hydrogen-bond donors (Lipinski definition) is 1. The predicted molar refractivity (Wildman–Crippen MR) is 90.9 cm³/mol. The van der Waals surface area contributed by atoms with Gasteiger partial charge in [-0.15, -0.1) is 0 Å². The molecule has 0 aliphatic heterocycles. The van der Waals surface area contributed by atoms with Crippen molar-refractivity contribution in [2.24, 2.45) is 0 Å². The lowest BCUT2D eigenvalue weighted by atomic mass is 9.96. The molecule has 0 saturated heterocycles. The first-order chi connectivity index (χ1) is 11.0. The Morgan fingerprint density at radius 2 is 1.91 bits per heavy atom. The van der Waals surface area contributed by atoms with E-state index >= 15 is 0 Å². The van der Waals surface area contributed by atoms with Gasteiger partial charge < -0.3 is 5.32 Å². The topological polar surface area (TPSA) is 72.2 Å². The fourth-order valence-corrected chi connectivity index (χ4v) is 2.52. The van der Waals surface area contributed by atoms with E-state index in [0.29, 0.717) is 17.0 Å². The van der Waals surface area contributed by atoms with Crippen molar-refractivity contribution in [3.05, 3.63) is 69.3 Å². The summed E-state index contributed by atoms with van der Waals surface area (Å²) in [5, 5.41) is 13.9. The summed E-state index contributed by atoms with van der Waals surface area (Å²) in [6, 6.07) is 12.2. The molecular weight excluding hydrogens is 292 g/mol. The molecule has 23 heavy (non-hydrogen) atoms. The minimum Gasteiger partial charge on any atom is -0.322 e. The highest BCUT2D eigenvalue weighted by molar-refractivity contribution is 6.06. The molecule has 2 rings (SSSR count). The summed E-state index contributed by atoms with van der Waals surface area (Å²) in [6.07, 6.45) is 0.961. The van der Waals surface area contributed by atoms with Crippen LogP contribution in [0.2, 0.25) is 0 Å². The molecule has 0 fully saturated rings. The van der Waals surface area contributed by atoms with Gasteiger partial charge in [-0.1, -0.05) is 38.1 Å². The number of anilines is 1. The molecule has 5 heteroatoms. The van der Waals surface area contributed by atoms with Crippen LogP contribution in [-0.2, 0) is 0 Å². The number of nitro groups is 1. The first kappa shape index (κ1) is 16.7. The maximum absolute atomic E-state index is 12.5. The van der Waals surface area contributed by atoms with Crippen molar-refractivity contribution in [1.82, 2.24) is 0 Å². The van der Waals surface area contributed by atoms with Crippen molar-refractivity contribution in [3.63, 3.8) is 0 Å². The van der Waals surface area contributed by atoms with Crippen LogP contribution in [-0.4, -0.2) is 10.8 Å². The van der Waals surface area contributed by atoms with Gasteiger partial charge in [0.2, 0.25) is 0 Å². The van der Waals surface area contributed by atoms with Gasteiger partial charge in [-0.2, -0.15) is 0 Å². The maximum Gasteiger partial charge on any atom is 0.273 e. The number of hydrogen-bond acceptors (Lipinski definition) is 3. The third-order valence-electron chi connectivity index (χ3n) is 4.10. The van der Waals surface area contributed by atoms with Crippen LogP contribution in [0.5, 0.6) is 0 Å². The van der Waals surface area contributed by atoms with Gasteiger partial charge in [0.1, 0.15) is 0 Å². The third-order valence-corrected chi connectivity index (χ3v) is 4.10. The van der Waals surface area contributed by atoms with Crippen LogP contribution < -0.4 is 5.32 Å². The second-order valence-electron chi connectivity index (χ2n) is 5.56. The van der Waals surface area contributed by atoms with Gasteiger partial charge >= 0.3 is 0 Å². The fraction of sp³-hybridized carbons (Fsp3) is 0.278. The van der Waals surface area contributed by atoms with Gasteiger partial charge in [-0.3, -0.25) is 14.9 Å². The Morgan fingerprint density at radius 3 is 2.57 bits per heavy atom. The number of benzene rings is 2. The molecule has 1 N–H and O–H groups in total. The minimum absolute atomic E-state index is 0.0483. The molecule has 0 heterocycles. The standard InChI is InChI=1S/C18H20N2O3/c1-4-12(2)14-8-5-6-10-16(14)19-18(21)15-9-7-11-17(13(15)3)20(22)23/h5-12H,4H2,1-3H3,(H,19,21)/t12-/m1/s1. The van der Waals surface area contributed by atoms with Gasteiger partial charge in [0.15, 0.2) is 0 Å². The average Bonchev–Trinajstić information content (AvgIpc) is 2.54. The molecule has 0 bridgehead atoms. The molecule has 0 spiro atoms. The zero-order valence-corrected chi connectivity index (χ0v) is 13.5. The molecular formula is C18H20N2O3. The summed E-state index contributed by atoms with van der Waals surface area (Å²) < 4.78 is 0. The van der Waals surface area contributed by atoms with Crippen LogP contribution in [0, 0.1) is 17.0 Å². The molecule has 0 aliphatic rings. The molecule has 0 aromatic heterocycles. The van der Waals surface area contributed by atoms with Crippen molar-refractivity contribution in [2.75, 3.05) is 5.32 Å². The number of para-hydroxylation sites is 1. The van der Waals surface area contributed by atoms with Crippen molar-refractivity contribution in [1.29, 1.82) is 0 Å². The van der Waals surface area contributed by atoms with Crippen molar-refractivity contribution in [2.45, 2.75) is 33.1 Å². The molecule has 1 atom stereocenters. The SMILES string of the molecule is CC[C@@H](C)c1ccccc1NC(=O)c1cccc([N+](=O)[O-])c1C. The predicted octanol–water partition coefficient (Wildman–Crippen LogP) is 4.67. The van der Waals surface area contributed by atoms with Gasteiger partial charge in [0, 0.05) is 22.9 Å². The maximum atomic E-state index is 12.5. The van der Waals surface area contributed by atoms with Gasteiger partial charge in [-0.05, 0) is 37.0 Å². The molecule has 2 aromatic carbocycles. The average molecular weight is 312 g/mol. The van der Waals surface area contributed by atoms with Crippen LogP contribution in [0.25, 0.3) is 0 Å². The molecule has 0 unspecified atom stereocenters. The highest BCUT2D eigenvalue weighted by Crippen LogP contribution is 2.28. The Morgan fingerprint density at radius 1 is 1.22 bits per heavy atom.